The largest absolute Gasteiger partial charge is 0.417 e. The lowest BCUT2D eigenvalue weighted by molar-refractivity contribution is -0.139. The molecule has 0 saturated carbocycles. The van der Waals surface area contributed by atoms with Crippen molar-refractivity contribution in [2.24, 2.45) is 0 Å². The number of aromatic nitrogens is 2. The highest BCUT2D eigenvalue weighted by Gasteiger charge is 2.39. The molecule has 12 aromatic rings. The third kappa shape index (κ3) is 8.41. The highest BCUT2D eigenvalue weighted by molar-refractivity contribution is 6.12. The number of hydrogen-bond donors (Lipinski definition) is 0. The third-order valence-electron chi connectivity index (χ3n) is 14.3. The fourth-order valence-electron chi connectivity index (χ4n) is 10.5. The molecule has 0 aliphatic heterocycles. The zero-order valence-electron chi connectivity index (χ0n) is 40.6. The Bertz CT molecular complexity index is 4070. The summed E-state index contributed by atoms with van der Waals surface area (Å²) < 4.78 is 97.5. The van der Waals surface area contributed by atoms with Gasteiger partial charge in [0.05, 0.1) is 79.7 Å². The zero-order chi connectivity index (χ0) is 54.0. The molecule has 10 aromatic carbocycles. The van der Waals surface area contributed by atoms with E-state index in [4.69, 9.17) is 0 Å². The van der Waals surface area contributed by atoms with Crippen LogP contribution in [0.4, 0.5) is 26.3 Å². The van der Waals surface area contributed by atoms with E-state index in [1.54, 1.807) is 106 Å². The van der Waals surface area contributed by atoms with Crippen LogP contribution in [0.25, 0.3) is 111 Å². The minimum atomic E-state index is -5.11. The lowest BCUT2D eigenvalue weighted by Crippen LogP contribution is -2.12. The van der Waals surface area contributed by atoms with Gasteiger partial charge in [-0.3, -0.25) is 0 Å². The van der Waals surface area contributed by atoms with Gasteiger partial charge in [-0.2, -0.15) is 47.4 Å². The summed E-state index contributed by atoms with van der Waals surface area (Å²) in [7, 11) is 0. The number of rotatable bonds is 7. The maximum Gasteiger partial charge on any atom is 0.417 e. The summed E-state index contributed by atoms with van der Waals surface area (Å²) in [5, 5.41) is 40.9. The van der Waals surface area contributed by atoms with Gasteiger partial charge in [0.1, 0.15) is 0 Å². The highest BCUT2D eigenvalue weighted by Crippen LogP contribution is 2.47. The monoisotopic (exact) mass is 1020 g/mol. The molecule has 0 aliphatic carbocycles. The van der Waals surface area contributed by atoms with Crippen molar-refractivity contribution in [3.63, 3.8) is 0 Å². The molecule has 0 saturated heterocycles. The number of benzene rings is 10. The van der Waals surface area contributed by atoms with E-state index in [0.717, 1.165) is 78.2 Å². The summed E-state index contributed by atoms with van der Waals surface area (Å²) in [6.45, 7) is 0. The second-order valence-corrected chi connectivity index (χ2v) is 18.8. The van der Waals surface area contributed by atoms with Crippen LogP contribution in [0.15, 0.2) is 206 Å². The SMILES string of the molecule is N#Cc1ccc(-c2ccc3c4ccc(-c5ccc(C#N)cc5)cc4n(-c4ccc(C(F)(F)F)c(-c5cc(-n6c7cc(-c8ccc(C#N)cc8)ccc7c7ccc(-c8ccc(C#N)cc8)cc76)ccc5C(F)(F)F)c4)c3c2)cc1. The van der Waals surface area contributed by atoms with Crippen LogP contribution in [0.5, 0.6) is 0 Å². The molecule has 2 heterocycles. The van der Waals surface area contributed by atoms with Gasteiger partial charge in [-0.25, -0.2) is 0 Å². The van der Waals surface area contributed by atoms with Gasteiger partial charge >= 0.3 is 12.4 Å². The van der Waals surface area contributed by atoms with Crippen molar-refractivity contribution in [3.8, 4) is 91.3 Å². The molecule has 0 fully saturated rings. The maximum absolute atomic E-state index is 15.7. The first-order valence-electron chi connectivity index (χ1n) is 24.3. The maximum atomic E-state index is 15.7. The van der Waals surface area contributed by atoms with Crippen LogP contribution in [-0.4, -0.2) is 9.13 Å². The van der Waals surface area contributed by atoms with Crippen molar-refractivity contribution in [2.75, 3.05) is 0 Å². The number of fused-ring (bicyclic) bond motifs is 6. The second-order valence-electron chi connectivity index (χ2n) is 18.8. The van der Waals surface area contributed by atoms with E-state index in [2.05, 4.69) is 24.3 Å². The Morgan fingerprint density at radius 2 is 0.500 bits per heavy atom. The fraction of sp³-hybridized carbons (Fsp3) is 0.0303. The van der Waals surface area contributed by atoms with E-state index in [1.807, 2.05) is 72.8 Å². The minimum absolute atomic E-state index is 0.154. The lowest BCUT2D eigenvalue weighted by atomic mass is 9.93. The van der Waals surface area contributed by atoms with Crippen molar-refractivity contribution in [3.05, 3.63) is 240 Å². The van der Waals surface area contributed by atoms with Crippen LogP contribution in [0.1, 0.15) is 33.4 Å². The third-order valence-corrected chi connectivity index (χ3v) is 14.3. The molecule has 78 heavy (non-hydrogen) atoms. The van der Waals surface area contributed by atoms with Gasteiger partial charge in [0.2, 0.25) is 0 Å². The molecule has 0 aliphatic rings. The predicted octanol–water partition coefficient (Wildman–Crippen LogP) is 17.7. The Labute approximate surface area is 441 Å². The molecule has 0 spiro atoms. The van der Waals surface area contributed by atoms with E-state index in [-0.39, 0.29) is 11.4 Å². The van der Waals surface area contributed by atoms with Gasteiger partial charge in [-0.1, -0.05) is 97.1 Å². The van der Waals surface area contributed by atoms with E-state index in [0.29, 0.717) is 44.3 Å². The molecular weight excluding hydrogens is 991 g/mol. The van der Waals surface area contributed by atoms with Crippen molar-refractivity contribution >= 4 is 43.6 Å². The Balaban J connectivity index is 1.12. The summed E-state index contributed by atoms with van der Waals surface area (Å²) in [4.78, 5) is 0. The Morgan fingerprint density at radius 3 is 0.718 bits per heavy atom. The Hall–Kier alpha value is -10.7. The number of alkyl halides is 6. The first kappa shape index (κ1) is 48.3. The molecule has 0 atom stereocenters. The normalized spacial score (nSPS) is 11.7. The Morgan fingerprint density at radius 1 is 0.269 bits per heavy atom. The molecule has 0 bridgehead atoms. The van der Waals surface area contributed by atoms with Gasteiger partial charge in [-0.15, -0.1) is 0 Å². The lowest BCUT2D eigenvalue weighted by Gasteiger charge is -2.21. The Kier molecular flexibility index (Phi) is 11.5. The summed E-state index contributed by atoms with van der Waals surface area (Å²) in [6.07, 6.45) is -10.2. The number of halogens is 6. The van der Waals surface area contributed by atoms with Crippen molar-refractivity contribution in [2.45, 2.75) is 12.4 Å². The smallest absolute Gasteiger partial charge is 0.309 e. The molecule has 12 heteroatoms. The van der Waals surface area contributed by atoms with Crippen LogP contribution < -0.4 is 0 Å². The average molecular weight is 1030 g/mol. The summed E-state index contributed by atoms with van der Waals surface area (Å²) in [5.41, 5.74) is 6.26. The predicted molar refractivity (Wildman–Crippen MR) is 291 cm³/mol. The summed E-state index contributed by atoms with van der Waals surface area (Å²) >= 11 is 0. The molecule has 12 rings (SSSR count). The molecular formula is C66H34F6N6. The minimum Gasteiger partial charge on any atom is -0.309 e. The fourth-order valence-corrected chi connectivity index (χ4v) is 10.5. The van der Waals surface area contributed by atoms with Crippen LogP contribution in [-0.2, 0) is 12.4 Å². The number of hydrogen-bond acceptors (Lipinski definition) is 4. The molecule has 370 valence electrons. The summed E-state index contributed by atoms with van der Waals surface area (Å²) in [6, 6.07) is 65.4. The summed E-state index contributed by atoms with van der Waals surface area (Å²) in [5.74, 6) is 0. The van der Waals surface area contributed by atoms with E-state index >= 15 is 26.3 Å². The van der Waals surface area contributed by atoms with E-state index in [1.165, 1.54) is 24.3 Å². The van der Waals surface area contributed by atoms with Crippen LogP contribution >= 0.6 is 0 Å². The molecule has 0 radical (unpaired) electrons. The quantitative estimate of drug-likeness (QED) is 0.148. The molecule has 0 unspecified atom stereocenters. The van der Waals surface area contributed by atoms with Crippen LogP contribution in [0, 0.1) is 45.3 Å². The van der Waals surface area contributed by atoms with Crippen molar-refractivity contribution in [1.29, 1.82) is 21.0 Å². The van der Waals surface area contributed by atoms with Gasteiger partial charge in [-0.05, 0) is 165 Å². The van der Waals surface area contributed by atoms with Crippen molar-refractivity contribution < 1.29 is 26.3 Å². The molecule has 2 aromatic heterocycles. The first-order valence-corrected chi connectivity index (χ1v) is 24.3. The van der Waals surface area contributed by atoms with Crippen LogP contribution in [0.2, 0.25) is 0 Å². The van der Waals surface area contributed by atoms with Crippen molar-refractivity contribution in [1.82, 2.24) is 9.13 Å². The van der Waals surface area contributed by atoms with Gasteiger partial charge in [0, 0.05) is 32.9 Å². The van der Waals surface area contributed by atoms with Gasteiger partial charge < -0.3 is 9.13 Å². The number of nitrogens with zero attached hydrogens (tertiary/aromatic N) is 6. The topological polar surface area (TPSA) is 105 Å². The average Bonchev–Trinajstić information content (AvgIpc) is 3.99. The standard InChI is InChI=1S/C66H34F6N6/c67-65(68,69)59-27-21-51(77-61-29-47(43-9-1-39(35-73)2-10-43)17-23-53(61)54-24-18-48(30-62(54)77)44-11-3-40(36-74)4-12-44)33-57(59)58-34-52(22-28-60(58)66(70,71)72)78-63-31-49(45-13-5-41(37-75)6-14-45)19-25-55(63)56-26-20-50(32-64(56)78)46-15-7-42(38-76)8-16-46/h1-34H. The number of nitriles is 4. The zero-order valence-corrected chi connectivity index (χ0v) is 40.6. The van der Waals surface area contributed by atoms with Crippen LogP contribution in [0.3, 0.4) is 0 Å². The molecule has 0 N–H and O–H groups in total. The molecule has 0 amide bonds. The van der Waals surface area contributed by atoms with Gasteiger partial charge in [0.15, 0.2) is 0 Å². The first-order chi connectivity index (χ1) is 37.7. The second kappa shape index (κ2) is 18.6. The van der Waals surface area contributed by atoms with E-state index in [9.17, 15) is 21.0 Å². The molecule has 6 nitrogen and oxygen atoms in total. The highest BCUT2D eigenvalue weighted by atomic mass is 19.4. The van der Waals surface area contributed by atoms with Gasteiger partial charge in [0.25, 0.3) is 0 Å². The van der Waals surface area contributed by atoms with E-state index < -0.39 is 34.6 Å².